The lowest BCUT2D eigenvalue weighted by Gasteiger charge is -2.15. The third-order valence-electron chi connectivity index (χ3n) is 4.34. The monoisotopic (exact) mass is 281 g/mol. The van der Waals surface area contributed by atoms with Crippen LogP contribution in [0.25, 0.3) is 10.9 Å². The Morgan fingerprint density at radius 3 is 2.95 bits per heavy atom. The number of hydrogen-bond donors (Lipinski definition) is 1. The van der Waals surface area contributed by atoms with E-state index in [1.165, 1.54) is 29.3 Å². The second kappa shape index (κ2) is 5.00. The summed E-state index contributed by atoms with van der Waals surface area (Å²) < 4.78 is 4.52. The van der Waals surface area contributed by atoms with Crippen molar-refractivity contribution in [3.63, 3.8) is 0 Å². The van der Waals surface area contributed by atoms with Gasteiger partial charge in [0.2, 0.25) is 0 Å². The lowest BCUT2D eigenvalue weighted by Crippen LogP contribution is -2.15. The molecule has 3 heterocycles. The summed E-state index contributed by atoms with van der Waals surface area (Å²) in [5.41, 5.74) is 8.27. The van der Waals surface area contributed by atoms with Crippen molar-refractivity contribution >= 4 is 10.9 Å². The highest BCUT2D eigenvalue weighted by atomic mass is 15.3. The van der Waals surface area contributed by atoms with Gasteiger partial charge >= 0.3 is 0 Å². The molecule has 0 atom stereocenters. The topological polar surface area (TPSA) is 61.7 Å². The van der Waals surface area contributed by atoms with E-state index < -0.39 is 0 Å². The van der Waals surface area contributed by atoms with Gasteiger partial charge in [-0.05, 0) is 24.5 Å². The van der Waals surface area contributed by atoms with Crippen LogP contribution in [0.1, 0.15) is 30.1 Å². The van der Waals surface area contributed by atoms with E-state index in [1.54, 1.807) is 0 Å². The molecule has 1 aliphatic rings. The van der Waals surface area contributed by atoms with Gasteiger partial charge in [-0.3, -0.25) is 0 Å². The maximum Gasteiger partial charge on any atom is 0.153 e. The van der Waals surface area contributed by atoms with Crippen LogP contribution < -0.4 is 5.73 Å². The minimum Gasteiger partial charge on any atom is -0.339 e. The smallest absolute Gasteiger partial charge is 0.153 e. The minimum absolute atomic E-state index is 0.561. The maximum absolute atomic E-state index is 5.87. The summed E-state index contributed by atoms with van der Waals surface area (Å²) in [5.74, 6) is 2.18. The quantitative estimate of drug-likeness (QED) is 0.799. The summed E-state index contributed by atoms with van der Waals surface area (Å²) in [4.78, 5) is 0. The summed E-state index contributed by atoms with van der Waals surface area (Å²) in [6.07, 6.45) is 5.64. The van der Waals surface area contributed by atoms with Crippen LogP contribution in [0.5, 0.6) is 0 Å². The van der Waals surface area contributed by atoms with Gasteiger partial charge in [0.1, 0.15) is 5.82 Å². The van der Waals surface area contributed by atoms with Gasteiger partial charge in [0, 0.05) is 36.6 Å². The van der Waals surface area contributed by atoms with E-state index >= 15 is 0 Å². The Morgan fingerprint density at radius 2 is 2.05 bits per heavy atom. The van der Waals surface area contributed by atoms with Gasteiger partial charge in [-0.25, -0.2) is 0 Å². The summed E-state index contributed by atoms with van der Waals surface area (Å²) >= 11 is 0. The van der Waals surface area contributed by atoms with E-state index in [0.717, 1.165) is 31.2 Å². The van der Waals surface area contributed by atoms with Crippen molar-refractivity contribution in [3.05, 3.63) is 47.7 Å². The Bertz CT molecular complexity index is 783. The predicted octanol–water partition coefficient (Wildman–Crippen LogP) is 2.08. The second-order valence-corrected chi connectivity index (χ2v) is 5.64. The summed E-state index contributed by atoms with van der Waals surface area (Å²) in [6, 6.07) is 8.40. The average Bonchev–Trinajstić information content (AvgIpc) is 3.10. The van der Waals surface area contributed by atoms with Crippen molar-refractivity contribution in [1.82, 2.24) is 19.3 Å². The average molecular weight is 281 g/mol. The fourth-order valence-corrected chi connectivity index (χ4v) is 3.25. The Kier molecular flexibility index (Phi) is 3.00. The molecule has 0 saturated carbocycles. The molecule has 21 heavy (non-hydrogen) atoms. The van der Waals surface area contributed by atoms with Gasteiger partial charge in [-0.1, -0.05) is 18.2 Å². The molecule has 3 aromatic rings. The Labute approximate surface area is 123 Å². The number of hydrogen-bond acceptors (Lipinski definition) is 3. The molecule has 0 bridgehead atoms. The van der Waals surface area contributed by atoms with Crippen molar-refractivity contribution < 1.29 is 0 Å². The number of fused-ring (bicyclic) bond motifs is 2. The van der Waals surface area contributed by atoms with E-state index in [9.17, 15) is 0 Å². The summed E-state index contributed by atoms with van der Waals surface area (Å²) in [5, 5.41) is 9.97. The lowest BCUT2D eigenvalue weighted by atomic mass is 10.1. The lowest BCUT2D eigenvalue weighted by molar-refractivity contribution is 0.503. The standard InChI is InChI=1S/C16H19N5/c17-9-12-10-20(14-6-2-1-5-13(12)14)11-16-19-18-15-7-3-4-8-21(15)16/h1-2,5-6,10H,3-4,7-9,11,17H2. The number of para-hydroxylation sites is 1. The number of nitrogens with two attached hydrogens (primary N) is 1. The molecule has 1 aliphatic heterocycles. The molecule has 5 nitrogen and oxygen atoms in total. The molecule has 1 aromatic carbocycles. The van der Waals surface area contributed by atoms with E-state index in [1.807, 2.05) is 0 Å². The molecule has 2 aromatic heterocycles. The number of rotatable bonds is 3. The molecule has 2 N–H and O–H groups in total. The number of aryl methyl sites for hydroxylation is 1. The van der Waals surface area contributed by atoms with E-state index in [2.05, 4.69) is 49.8 Å². The van der Waals surface area contributed by atoms with Crippen LogP contribution in [-0.2, 0) is 26.1 Å². The maximum atomic E-state index is 5.87. The fraction of sp³-hybridized carbons (Fsp3) is 0.375. The fourth-order valence-electron chi connectivity index (χ4n) is 3.25. The first kappa shape index (κ1) is 12.6. The minimum atomic E-state index is 0.561. The van der Waals surface area contributed by atoms with Crippen LogP contribution in [0, 0.1) is 0 Å². The SMILES string of the molecule is NCc1cn(Cc2nnc3n2CCCC3)c2ccccc12. The third-order valence-corrected chi connectivity index (χ3v) is 4.34. The normalized spacial score (nSPS) is 14.5. The zero-order valence-electron chi connectivity index (χ0n) is 12.0. The molecule has 0 spiro atoms. The van der Waals surface area contributed by atoms with Gasteiger partial charge < -0.3 is 14.9 Å². The Balaban J connectivity index is 1.76. The first-order valence-electron chi connectivity index (χ1n) is 7.54. The Morgan fingerprint density at radius 1 is 1.14 bits per heavy atom. The molecule has 0 saturated heterocycles. The first-order chi connectivity index (χ1) is 10.4. The molecule has 0 unspecified atom stereocenters. The Hall–Kier alpha value is -2.14. The highest BCUT2D eigenvalue weighted by Gasteiger charge is 2.17. The van der Waals surface area contributed by atoms with Crippen molar-refractivity contribution in [3.8, 4) is 0 Å². The molecule has 0 amide bonds. The molecule has 0 radical (unpaired) electrons. The molecular formula is C16H19N5. The number of aromatic nitrogens is 4. The van der Waals surface area contributed by atoms with E-state index in [4.69, 9.17) is 5.73 Å². The number of nitrogens with zero attached hydrogens (tertiary/aromatic N) is 4. The van der Waals surface area contributed by atoms with Crippen LogP contribution in [0.3, 0.4) is 0 Å². The van der Waals surface area contributed by atoms with Gasteiger partial charge in [0.05, 0.1) is 6.54 Å². The van der Waals surface area contributed by atoms with Crippen LogP contribution in [-0.4, -0.2) is 19.3 Å². The van der Waals surface area contributed by atoms with Gasteiger partial charge in [-0.15, -0.1) is 10.2 Å². The zero-order chi connectivity index (χ0) is 14.2. The molecule has 5 heteroatoms. The predicted molar refractivity (Wildman–Crippen MR) is 81.9 cm³/mol. The van der Waals surface area contributed by atoms with Gasteiger partial charge in [0.15, 0.2) is 5.82 Å². The van der Waals surface area contributed by atoms with Crippen LogP contribution in [0.2, 0.25) is 0 Å². The van der Waals surface area contributed by atoms with Crippen molar-refractivity contribution in [2.45, 2.75) is 38.9 Å². The van der Waals surface area contributed by atoms with Crippen molar-refractivity contribution in [2.75, 3.05) is 0 Å². The van der Waals surface area contributed by atoms with Crippen molar-refractivity contribution in [2.24, 2.45) is 5.73 Å². The van der Waals surface area contributed by atoms with Crippen LogP contribution in [0.4, 0.5) is 0 Å². The van der Waals surface area contributed by atoms with Crippen LogP contribution in [0.15, 0.2) is 30.5 Å². The molecule has 4 rings (SSSR count). The highest BCUT2D eigenvalue weighted by molar-refractivity contribution is 5.84. The third kappa shape index (κ3) is 2.05. The molecule has 0 aliphatic carbocycles. The molecule has 0 fully saturated rings. The number of benzene rings is 1. The zero-order valence-corrected chi connectivity index (χ0v) is 12.0. The van der Waals surface area contributed by atoms with E-state index in [-0.39, 0.29) is 0 Å². The van der Waals surface area contributed by atoms with E-state index in [0.29, 0.717) is 6.54 Å². The molecule has 108 valence electrons. The van der Waals surface area contributed by atoms with Gasteiger partial charge in [0.25, 0.3) is 0 Å². The summed E-state index contributed by atoms with van der Waals surface area (Å²) in [6.45, 7) is 2.36. The first-order valence-corrected chi connectivity index (χ1v) is 7.54. The van der Waals surface area contributed by atoms with Gasteiger partial charge in [-0.2, -0.15) is 0 Å². The summed E-state index contributed by atoms with van der Waals surface area (Å²) in [7, 11) is 0. The van der Waals surface area contributed by atoms with Crippen LogP contribution >= 0.6 is 0 Å². The largest absolute Gasteiger partial charge is 0.339 e. The highest BCUT2D eigenvalue weighted by Crippen LogP contribution is 2.22. The van der Waals surface area contributed by atoms with Crippen molar-refractivity contribution in [1.29, 1.82) is 0 Å². The molecular weight excluding hydrogens is 262 g/mol. The second-order valence-electron chi connectivity index (χ2n) is 5.64.